The fraction of sp³-hybridized carbons (Fsp3) is 0.786. The van der Waals surface area contributed by atoms with Gasteiger partial charge in [0.1, 0.15) is 0 Å². The molecule has 0 atom stereocenters. The Morgan fingerprint density at radius 3 is 2.89 bits per heavy atom. The number of aryl methyl sites for hydroxylation is 1. The average molecular weight is 285 g/mol. The highest BCUT2D eigenvalue weighted by molar-refractivity contribution is 7.09. The molecule has 0 aliphatic rings. The van der Waals surface area contributed by atoms with E-state index in [-0.39, 0.29) is 0 Å². The molecule has 1 aromatic rings. The summed E-state index contributed by atoms with van der Waals surface area (Å²) in [5.41, 5.74) is 3.09. The van der Waals surface area contributed by atoms with Crippen molar-refractivity contribution >= 4 is 11.3 Å². The fourth-order valence-corrected chi connectivity index (χ4v) is 2.65. The standard InChI is InChI=1S/C14H27N3OS/c1-4-18-10-6-5-7-15-8-9-17(3)11-14-13(2)16-12-19-14/h12,15H,4-11H2,1-3H3. The van der Waals surface area contributed by atoms with E-state index >= 15 is 0 Å². The number of unbranched alkanes of at least 4 members (excludes halogenated alkanes) is 1. The summed E-state index contributed by atoms with van der Waals surface area (Å²) in [6, 6.07) is 0. The molecule has 19 heavy (non-hydrogen) atoms. The van der Waals surface area contributed by atoms with E-state index in [1.54, 1.807) is 11.3 Å². The van der Waals surface area contributed by atoms with Crippen LogP contribution in [-0.2, 0) is 11.3 Å². The van der Waals surface area contributed by atoms with E-state index in [9.17, 15) is 0 Å². The predicted octanol–water partition coefficient (Wildman–Crippen LogP) is 2.29. The average Bonchev–Trinajstić information content (AvgIpc) is 2.78. The number of nitrogens with zero attached hydrogens (tertiary/aromatic N) is 2. The van der Waals surface area contributed by atoms with Crippen LogP contribution in [0.25, 0.3) is 0 Å². The molecule has 1 rings (SSSR count). The second-order valence-corrected chi connectivity index (χ2v) is 5.69. The van der Waals surface area contributed by atoms with Gasteiger partial charge in [-0.15, -0.1) is 11.3 Å². The molecule has 0 fully saturated rings. The minimum atomic E-state index is 0.829. The second-order valence-electron chi connectivity index (χ2n) is 4.75. The lowest BCUT2D eigenvalue weighted by atomic mass is 10.3. The molecular weight excluding hydrogens is 258 g/mol. The van der Waals surface area contributed by atoms with Crippen LogP contribution < -0.4 is 5.32 Å². The van der Waals surface area contributed by atoms with Crippen molar-refractivity contribution in [3.8, 4) is 0 Å². The zero-order chi connectivity index (χ0) is 13.9. The molecule has 0 saturated heterocycles. The first kappa shape index (κ1) is 16.6. The van der Waals surface area contributed by atoms with Gasteiger partial charge in [-0.3, -0.25) is 4.90 Å². The maximum atomic E-state index is 5.31. The van der Waals surface area contributed by atoms with E-state index in [0.29, 0.717) is 0 Å². The first-order valence-electron chi connectivity index (χ1n) is 7.10. The third-order valence-corrected chi connectivity index (χ3v) is 3.94. The Kier molecular flexibility index (Phi) is 8.99. The molecule has 0 aliphatic heterocycles. The Labute approximate surface area is 121 Å². The van der Waals surface area contributed by atoms with Gasteiger partial charge in [-0.2, -0.15) is 0 Å². The number of ether oxygens (including phenoxy) is 1. The number of hydrogen-bond acceptors (Lipinski definition) is 5. The molecule has 0 unspecified atom stereocenters. The van der Waals surface area contributed by atoms with Crippen molar-refractivity contribution in [2.24, 2.45) is 0 Å². The quantitative estimate of drug-likeness (QED) is 0.633. The van der Waals surface area contributed by atoms with Crippen LogP contribution in [0.1, 0.15) is 30.3 Å². The van der Waals surface area contributed by atoms with Crippen molar-refractivity contribution in [1.82, 2.24) is 15.2 Å². The first-order chi connectivity index (χ1) is 9.24. The topological polar surface area (TPSA) is 37.4 Å². The van der Waals surface area contributed by atoms with Crippen LogP contribution in [0, 0.1) is 6.92 Å². The van der Waals surface area contributed by atoms with Crippen LogP contribution in [0.2, 0.25) is 0 Å². The van der Waals surface area contributed by atoms with E-state index in [1.165, 1.54) is 17.0 Å². The molecule has 1 N–H and O–H groups in total. The van der Waals surface area contributed by atoms with Crippen molar-refractivity contribution in [3.63, 3.8) is 0 Å². The molecule has 0 aromatic carbocycles. The number of nitrogens with one attached hydrogen (secondary N) is 1. The summed E-state index contributed by atoms with van der Waals surface area (Å²) in [7, 11) is 2.16. The van der Waals surface area contributed by atoms with Gasteiger partial charge in [0, 0.05) is 37.7 Å². The summed E-state index contributed by atoms with van der Waals surface area (Å²) in [5.74, 6) is 0. The largest absolute Gasteiger partial charge is 0.382 e. The van der Waals surface area contributed by atoms with E-state index in [0.717, 1.165) is 45.8 Å². The molecule has 0 bridgehead atoms. The molecule has 0 radical (unpaired) electrons. The van der Waals surface area contributed by atoms with Gasteiger partial charge in [-0.05, 0) is 40.3 Å². The smallest absolute Gasteiger partial charge is 0.0798 e. The lowest BCUT2D eigenvalue weighted by Crippen LogP contribution is -2.29. The van der Waals surface area contributed by atoms with Crippen molar-refractivity contribution in [3.05, 3.63) is 16.1 Å². The van der Waals surface area contributed by atoms with Crippen LogP contribution in [0.15, 0.2) is 5.51 Å². The predicted molar refractivity (Wildman–Crippen MR) is 81.8 cm³/mol. The Balaban J connectivity index is 1.96. The van der Waals surface area contributed by atoms with Crippen LogP contribution in [-0.4, -0.2) is 49.8 Å². The van der Waals surface area contributed by atoms with Crippen LogP contribution in [0.4, 0.5) is 0 Å². The highest BCUT2D eigenvalue weighted by atomic mass is 32.1. The second kappa shape index (κ2) is 10.3. The molecule has 110 valence electrons. The van der Waals surface area contributed by atoms with Gasteiger partial charge in [0.15, 0.2) is 0 Å². The van der Waals surface area contributed by atoms with Crippen molar-refractivity contribution in [1.29, 1.82) is 0 Å². The first-order valence-corrected chi connectivity index (χ1v) is 7.98. The van der Waals surface area contributed by atoms with Crippen molar-refractivity contribution < 1.29 is 4.74 Å². The zero-order valence-electron chi connectivity index (χ0n) is 12.4. The molecule has 0 saturated carbocycles. The Morgan fingerprint density at radius 1 is 1.37 bits per heavy atom. The van der Waals surface area contributed by atoms with Gasteiger partial charge in [-0.25, -0.2) is 4.98 Å². The molecule has 1 heterocycles. The summed E-state index contributed by atoms with van der Waals surface area (Å²) in [6.07, 6.45) is 2.34. The molecule has 0 amide bonds. The monoisotopic (exact) mass is 285 g/mol. The number of thiazole rings is 1. The minimum absolute atomic E-state index is 0.829. The SMILES string of the molecule is CCOCCCCNCCN(C)Cc1scnc1C. The lowest BCUT2D eigenvalue weighted by molar-refractivity contribution is 0.143. The molecule has 0 spiro atoms. The third kappa shape index (κ3) is 7.62. The Bertz CT molecular complexity index is 330. The van der Waals surface area contributed by atoms with E-state index < -0.39 is 0 Å². The van der Waals surface area contributed by atoms with Gasteiger partial charge >= 0.3 is 0 Å². The lowest BCUT2D eigenvalue weighted by Gasteiger charge is -2.16. The maximum absolute atomic E-state index is 5.31. The summed E-state index contributed by atoms with van der Waals surface area (Å²) in [4.78, 5) is 7.99. The van der Waals surface area contributed by atoms with Crippen LogP contribution in [0.5, 0.6) is 0 Å². The van der Waals surface area contributed by atoms with Gasteiger partial charge in [0.25, 0.3) is 0 Å². The summed E-state index contributed by atoms with van der Waals surface area (Å²) in [6.45, 7) is 10.0. The minimum Gasteiger partial charge on any atom is -0.382 e. The van der Waals surface area contributed by atoms with E-state index in [2.05, 4.69) is 29.2 Å². The highest BCUT2D eigenvalue weighted by Crippen LogP contribution is 2.13. The van der Waals surface area contributed by atoms with Gasteiger partial charge < -0.3 is 10.1 Å². The highest BCUT2D eigenvalue weighted by Gasteiger charge is 2.04. The number of likely N-dealkylation sites (N-methyl/N-ethyl adjacent to an activating group) is 1. The van der Waals surface area contributed by atoms with Gasteiger partial charge in [0.05, 0.1) is 11.2 Å². The molecular formula is C14H27N3OS. The zero-order valence-corrected chi connectivity index (χ0v) is 13.3. The van der Waals surface area contributed by atoms with Crippen LogP contribution in [0.3, 0.4) is 0 Å². The van der Waals surface area contributed by atoms with Gasteiger partial charge in [0.2, 0.25) is 0 Å². The number of hydrogen-bond donors (Lipinski definition) is 1. The maximum Gasteiger partial charge on any atom is 0.0798 e. The molecule has 1 aromatic heterocycles. The van der Waals surface area contributed by atoms with E-state index in [1.807, 2.05) is 12.4 Å². The Hall–Kier alpha value is -0.490. The molecule has 5 heteroatoms. The third-order valence-electron chi connectivity index (χ3n) is 3.03. The molecule has 0 aliphatic carbocycles. The van der Waals surface area contributed by atoms with E-state index in [4.69, 9.17) is 4.74 Å². The van der Waals surface area contributed by atoms with Gasteiger partial charge in [-0.1, -0.05) is 0 Å². The summed E-state index contributed by atoms with van der Waals surface area (Å²) in [5, 5.41) is 3.48. The number of rotatable bonds is 11. The Morgan fingerprint density at radius 2 is 2.21 bits per heavy atom. The van der Waals surface area contributed by atoms with Crippen LogP contribution >= 0.6 is 11.3 Å². The fourth-order valence-electron chi connectivity index (χ4n) is 1.80. The summed E-state index contributed by atoms with van der Waals surface area (Å²) >= 11 is 1.75. The van der Waals surface area contributed by atoms with Crippen molar-refractivity contribution in [2.75, 3.05) is 39.9 Å². The summed E-state index contributed by atoms with van der Waals surface area (Å²) < 4.78 is 5.31. The van der Waals surface area contributed by atoms with Crippen molar-refractivity contribution in [2.45, 2.75) is 33.2 Å². The normalized spacial score (nSPS) is 11.4. The molecule has 4 nitrogen and oxygen atoms in total. The number of aromatic nitrogens is 1.